The third-order valence-electron chi connectivity index (χ3n) is 2.30. The van der Waals surface area contributed by atoms with Gasteiger partial charge in [-0.25, -0.2) is 0 Å². The zero-order valence-corrected chi connectivity index (χ0v) is 9.68. The lowest BCUT2D eigenvalue weighted by Crippen LogP contribution is -2.29. The molecule has 5 nitrogen and oxygen atoms in total. The highest BCUT2D eigenvalue weighted by Crippen LogP contribution is 2.15. The second-order valence-corrected chi connectivity index (χ2v) is 5.36. The van der Waals surface area contributed by atoms with Crippen molar-refractivity contribution in [1.82, 2.24) is 10.2 Å². The predicted molar refractivity (Wildman–Crippen MR) is 58.4 cm³/mol. The SMILES string of the molecule is O=S1CCC(Nc2nnc(CCl)o2)CC1. The van der Waals surface area contributed by atoms with E-state index in [4.69, 9.17) is 16.0 Å². The molecule has 0 radical (unpaired) electrons. The van der Waals surface area contributed by atoms with E-state index in [2.05, 4.69) is 15.5 Å². The molecule has 2 heterocycles. The predicted octanol–water partition coefficient (Wildman–Crippen LogP) is 1.13. The molecule has 0 aliphatic carbocycles. The van der Waals surface area contributed by atoms with Crippen molar-refractivity contribution in [2.24, 2.45) is 0 Å². The van der Waals surface area contributed by atoms with E-state index in [9.17, 15) is 4.21 Å². The van der Waals surface area contributed by atoms with Crippen LogP contribution in [0.25, 0.3) is 0 Å². The molecule has 1 aliphatic rings. The Morgan fingerprint density at radius 3 is 2.80 bits per heavy atom. The number of nitrogens with one attached hydrogen (secondary N) is 1. The van der Waals surface area contributed by atoms with Gasteiger partial charge in [0.15, 0.2) is 0 Å². The Labute approximate surface area is 95.0 Å². The van der Waals surface area contributed by atoms with Crippen LogP contribution in [0.2, 0.25) is 0 Å². The van der Waals surface area contributed by atoms with E-state index in [1.807, 2.05) is 0 Å². The van der Waals surface area contributed by atoms with E-state index in [0.29, 0.717) is 11.9 Å². The maximum atomic E-state index is 11.1. The topological polar surface area (TPSA) is 68.0 Å². The summed E-state index contributed by atoms with van der Waals surface area (Å²) in [5.41, 5.74) is 0. The molecule has 1 saturated heterocycles. The van der Waals surface area contributed by atoms with Crippen LogP contribution in [0.3, 0.4) is 0 Å². The van der Waals surface area contributed by atoms with Gasteiger partial charge in [-0.15, -0.1) is 16.7 Å². The van der Waals surface area contributed by atoms with E-state index in [-0.39, 0.29) is 11.9 Å². The van der Waals surface area contributed by atoms with Crippen molar-refractivity contribution in [3.8, 4) is 0 Å². The first-order chi connectivity index (χ1) is 7.28. The monoisotopic (exact) mass is 249 g/mol. The number of hydrogen-bond donors (Lipinski definition) is 1. The van der Waals surface area contributed by atoms with Gasteiger partial charge in [0.25, 0.3) is 0 Å². The first-order valence-electron chi connectivity index (χ1n) is 4.78. The standard InChI is InChI=1S/C8H12ClN3O2S/c9-5-7-11-12-8(14-7)10-6-1-3-15(13)4-2-6/h6H,1-5H2,(H,10,12). The number of hydrogen-bond acceptors (Lipinski definition) is 5. The molecule has 84 valence electrons. The molecule has 1 aromatic heterocycles. The summed E-state index contributed by atoms with van der Waals surface area (Å²) >= 11 is 5.54. The number of alkyl halides is 1. The summed E-state index contributed by atoms with van der Waals surface area (Å²) in [6, 6.07) is 0.689. The van der Waals surface area contributed by atoms with E-state index >= 15 is 0 Å². The average Bonchev–Trinajstić information content (AvgIpc) is 2.69. The van der Waals surface area contributed by atoms with Gasteiger partial charge >= 0.3 is 6.01 Å². The molecule has 1 aromatic rings. The highest BCUT2D eigenvalue weighted by atomic mass is 35.5. The average molecular weight is 250 g/mol. The Kier molecular flexibility index (Phi) is 3.58. The fourth-order valence-corrected chi connectivity index (χ4v) is 2.89. The van der Waals surface area contributed by atoms with Gasteiger partial charge in [-0.1, -0.05) is 5.10 Å². The fourth-order valence-electron chi connectivity index (χ4n) is 1.48. The van der Waals surface area contributed by atoms with E-state index in [1.165, 1.54) is 0 Å². The minimum atomic E-state index is -0.643. The minimum absolute atomic E-state index is 0.226. The molecule has 0 spiro atoms. The van der Waals surface area contributed by atoms with Crippen molar-refractivity contribution < 1.29 is 8.63 Å². The molecule has 1 aliphatic heterocycles. The molecular weight excluding hydrogens is 238 g/mol. The Morgan fingerprint density at radius 2 is 2.20 bits per heavy atom. The van der Waals surface area contributed by atoms with Crippen LogP contribution in [0.5, 0.6) is 0 Å². The molecule has 0 amide bonds. The molecule has 0 saturated carbocycles. The van der Waals surface area contributed by atoms with Crippen LogP contribution >= 0.6 is 11.6 Å². The minimum Gasteiger partial charge on any atom is -0.407 e. The van der Waals surface area contributed by atoms with Crippen LogP contribution in [0, 0.1) is 0 Å². The number of nitrogens with zero attached hydrogens (tertiary/aromatic N) is 2. The van der Waals surface area contributed by atoms with Crippen LogP contribution in [0.4, 0.5) is 6.01 Å². The second-order valence-electron chi connectivity index (χ2n) is 3.40. The molecule has 1 fully saturated rings. The highest BCUT2D eigenvalue weighted by Gasteiger charge is 2.19. The first-order valence-corrected chi connectivity index (χ1v) is 6.80. The van der Waals surface area contributed by atoms with Crippen molar-refractivity contribution >= 4 is 28.4 Å². The van der Waals surface area contributed by atoms with Crippen molar-refractivity contribution in [3.63, 3.8) is 0 Å². The molecule has 0 atom stereocenters. The molecule has 1 N–H and O–H groups in total. The van der Waals surface area contributed by atoms with Gasteiger partial charge in [0.1, 0.15) is 5.88 Å². The van der Waals surface area contributed by atoms with Gasteiger partial charge < -0.3 is 9.73 Å². The molecule has 7 heteroatoms. The molecule has 2 rings (SSSR count). The van der Waals surface area contributed by atoms with Crippen LogP contribution in [0.15, 0.2) is 4.42 Å². The van der Waals surface area contributed by atoms with Gasteiger partial charge in [0.05, 0.1) is 0 Å². The number of anilines is 1. The maximum absolute atomic E-state index is 11.1. The van der Waals surface area contributed by atoms with Crippen LogP contribution < -0.4 is 5.32 Å². The Hall–Kier alpha value is -0.620. The molecule has 0 aromatic carbocycles. The van der Waals surface area contributed by atoms with E-state index < -0.39 is 10.8 Å². The number of halogens is 1. The maximum Gasteiger partial charge on any atom is 0.315 e. The van der Waals surface area contributed by atoms with E-state index in [0.717, 1.165) is 24.3 Å². The Morgan fingerprint density at radius 1 is 1.47 bits per heavy atom. The summed E-state index contributed by atoms with van der Waals surface area (Å²) in [5.74, 6) is 2.13. The first kappa shape index (κ1) is 10.9. The van der Waals surface area contributed by atoms with Gasteiger partial charge in [-0.05, 0) is 12.8 Å². The van der Waals surface area contributed by atoms with Crippen molar-refractivity contribution in [3.05, 3.63) is 5.89 Å². The largest absolute Gasteiger partial charge is 0.407 e. The van der Waals surface area contributed by atoms with Crippen molar-refractivity contribution in [2.75, 3.05) is 16.8 Å². The lowest BCUT2D eigenvalue weighted by atomic mass is 10.2. The van der Waals surface area contributed by atoms with Gasteiger partial charge in [0.2, 0.25) is 5.89 Å². The summed E-state index contributed by atoms with van der Waals surface area (Å²) in [6.45, 7) is 0. The third kappa shape index (κ3) is 2.92. The summed E-state index contributed by atoms with van der Waals surface area (Å²) in [6.07, 6.45) is 1.76. The number of aromatic nitrogens is 2. The Bertz CT molecular complexity index is 347. The lowest BCUT2D eigenvalue weighted by Gasteiger charge is -2.21. The quantitative estimate of drug-likeness (QED) is 0.814. The summed E-state index contributed by atoms with van der Waals surface area (Å²) in [7, 11) is -0.643. The Balaban J connectivity index is 1.88. The summed E-state index contributed by atoms with van der Waals surface area (Å²) < 4.78 is 16.3. The normalized spacial score (nSPS) is 26.5. The molecule has 0 unspecified atom stereocenters. The van der Waals surface area contributed by atoms with Gasteiger partial charge in [-0.3, -0.25) is 4.21 Å². The number of rotatable bonds is 3. The summed E-state index contributed by atoms with van der Waals surface area (Å²) in [5, 5.41) is 10.7. The van der Waals surface area contributed by atoms with E-state index in [1.54, 1.807) is 0 Å². The summed E-state index contributed by atoms with van der Waals surface area (Å²) in [4.78, 5) is 0. The third-order valence-corrected chi connectivity index (χ3v) is 3.91. The van der Waals surface area contributed by atoms with Crippen LogP contribution in [-0.2, 0) is 16.7 Å². The van der Waals surface area contributed by atoms with Crippen LogP contribution in [0.1, 0.15) is 18.7 Å². The van der Waals surface area contributed by atoms with Crippen molar-refractivity contribution in [1.29, 1.82) is 0 Å². The fraction of sp³-hybridized carbons (Fsp3) is 0.750. The smallest absolute Gasteiger partial charge is 0.315 e. The van der Waals surface area contributed by atoms with Gasteiger partial charge in [-0.2, -0.15) is 0 Å². The van der Waals surface area contributed by atoms with Crippen molar-refractivity contribution in [2.45, 2.75) is 24.8 Å². The zero-order valence-electron chi connectivity index (χ0n) is 8.11. The molecular formula is C8H12ClN3O2S. The lowest BCUT2D eigenvalue weighted by molar-refractivity contribution is 0.510. The van der Waals surface area contributed by atoms with Gasteiger partial charge in [0, 0.05) is 28.3 Å². The molecule has 0 bridgehead atoms. The highest BCUT2D eigenvalue weighted by molar-refractivity contribution is 7.85. The zero-order chi connectivity index (χ0) is 10.7. The second kappa shape index (κ2) is 4.94. The molecule has 15 heavy (non-hydrogen) atoms. The van der Waals surface area contributed by atoms with Crippen LogP contribution in [-0.4, -0.2) is 32.0 Å².